The minimum Gasteiger partial charge on any atom is -0.480 e. The van der Waals surface area contributed by atoms with Crippen LogP contribution in [0.1, 0.15) is 12.5 Å². The molecule has 0 radical (unpaired) electrons. The van der Waals surface area contributed by atoms with Crippen molar-refractivity contribution in [2.45, 2.75) is 6.92 Å². The highest BCUT2D eigenvalue weighted by Gasteiger charge is 2.13. The van der Waals surface area contributed by atoms with Crippen molar-refractivity contribution in [2.75, 3.05) is 6.61 Å². The van der Waals surface area contributed by atoms with Crippen LogP contribution in [0.25, 0.3) is 10.9 Å². The fraction of sp³-hybridized carbons (Fsp3) is 0.105. The van der Waals surface area contributed by atoms with E-state index in [1.54, 1.807) is 6.20 Å². The third-order valence-corrected chi connectivity index (χ3v) is 5.48. The Kier molecular flexibility index (Phi) is 6.62. The fourth-order valence-electron chi connectivity index (χ4n) is 2.36. The number of amides is 1. The summed E-state index contributed by atoms with van der Waals surface area (Å²) in [6, 6.07) is 13.3. The van der Waals surface area contributed by atoms with Crippen molar-refractivity contribution in [3.63, 3.8) is 0 Å². The minimum absolute atomic E-state index is 0.178. The van der Waals surface area contributed by atoms with Gasteiger partial charge in [0.05, 0.1) is 10.2 Å². The van der Waals surface area contributed by atoms with Crippen molar-refractivity contribution in [2.24, 2.45) is 5.10 Å². The molecule has 1 amide bonds. The second kappa shape index (κ2) is 8.95. The summed E-state index contributed by atoms with van der Waals surface area (Å²) in [4.78, 5) is 16.5. The molecule has 5 nitrogen and oxygen atoms in total. The van der Waals surface area contributed by atoms with Crippen molar-refractivity contribution in [3.8, 4) is 5.75 Å². The highest BCUT2D eigenvalue weighted by atomic mass is 79.9. The first-order valence-electron chi connectivity index (χ1n) is 7.90. The van der Waals surface area contributed by atoms with Crippen LogP contribution in [0.4, 0.5) is 0 Å². The minimum atomic E-state index is -0.356. The number of nitrogens with one attached hydrogen (secondary N) is 1. The van der Waals surface area contributed by atoms with Gasteiger partial charge in [-0.1, -0.05) is 50.1 Å². The summed E-state index contributed by atoms with van der Waals surface area (Å²) in [5.41, 5.74) is 4.80. The molecular formula is C19H14Br3N3O2. The van der Waals surface area contributed by atoms with Gasteiger partial charge < -0.3 is 4.74 Å². The van der Waals surface area contributed by atoms with Crippen molar-refractivity contribution < 1.29 is 9.53 Å². The average Bonchev–Trinajstić information content (AvgIpc) is 2.66. The molecule has 1 N–H and O–H groups in total. The van der Waals surface area contributed by atoms with Crippen LogP contribution < -0.4 is 10.2 Å². The number of nitrogens with zero attached hydrogens (tertiary/aromatic N) is 2. The molecule has 0 fully saturated rings. The van der Waals surface area contributed by atoms with E-state index in [0.29, 0.717) is 21.5 Å². The summed E-state index contributed by atoms with van der Waals surface area (Å²) < 4.78 is 8.29. The highest BCUT2D eigenvalue weighted by Crippen LogP contribution is 2.37. The second-order valence-electron chi connectivity index (χ2n) is 5.60. The summed E-state index contributed by atoms with van der Waals surface area (Å²) in [5, 5.41) is 5.03. The summed E-state index contributed by atoms with van der Waals surface area (Å²) >= 11 is 10.4. The van der Waals surface area contributed by atoms with Crippen molar-refractivity contribution >= 4 is 70.3 Å². The topological polar surface area (TPSA) is 63.6 Å². The number of fused-ring (bicyclic) bond motifs is 1. The Morgan fingerprint density at radius 1 is 1.15 bits per heavy atom. The number of pyridine rings is 1. The average molecular weight is 556 g/mol. The van der Waals surface area contributed by atoms with E-state index in [0.717, 1.165) is 19.9 Å². The monoisotopic (exact) mass is 553 g/mol. The van der Waals surface area contributed by atoms with Gasteiger partial charge in [0.1, 0.15) is 5.52 Å². The number of hydrogen-bond acceptors (Lipinski definition) is 4. The third-order valence-electron chi connectivity index (χ3n) is 3.71. The van der Waals surface area contributed by atoms with E-state index in [9.17, 15) is 4.79 Å². The lowest BCUT2D eigenvalue weighted by atomic mass is 10.1. The number of hydrazone groups is 1. The molecule has 0 bridgehead atoms. The zero-order valence-corrected chi connectivity index (χ0v) is 18.9. The van der Waals surface area contributed by atoms with E-state index in [4.69, 9.17) is 4.74 Å². The van der Waals surface area contributed by atoms with Crippen LogP contribution in [0.2, 0.25) is 0 Å². The lowest BCUT2D eigenvalue weighted by molar-refractivity contribution is -0.123. The Bertz CT molecular complexity index is 1020. The van der Waals surface area contributed by atoms with Gasteiger partial charge in [0.25, 0.3) is 5.91 Å². The van der Waals surface area contributed by atoms with Crippen molar-refractivity contribution in [1.29, 1.82) is 0 Å². The Morgan fingerprint density at radius 3 is 2.63 bits per heavy atom. The first-order chi connectivity index (χ1) is 13.0. The molecule has 0 saturated carbocycles. The molecule has 1 heterocycles. The number of hydrogen-bond donors (Lipinski definition) is 1. The molecule has 27 heavy (non-hydrogen) atoms. The number of benzene rings is 2. The van der Waals surface area contributed by atoms with Crippen LogP contribution in [0.5, 0.6) is 5.75 Å². The Hall–Kier alpha value is -1.77. The maximum atomic E-state index is 12.1. The van der Waals surface area contributed by atoms with Gasteiger partial charge in [-0.15, -0.1) is 0 Å². The number of carbonyl (C=O) groups is 1. The van der Waals surface area contributed by atoms with E-state index in [-0.39, 0.29) is 12.5 Å². The lowest BCUT2D eigenvalue weighted by Crippen LogP contribution is -2.25. The van der Waals surface area contributed by atoms with Crippen LogP contribution in [0.15, 0.2) is 67.2 Å². The van der Waals surface area contributed by atoms with Crippen LogP contribution >= 0.6 is 47.8 Å². The summed E-state index contributed by atoms with van der Waals surface area (Å²) in [7, 11) is 0. The molecule has 0 spiro atoms. The van der Waals surface area contributed by atoms with Gasteiger partial charge in [-0.3, -0.25) is 9.78 Å². The molecule has 0 saturated heterocycles. The number of ether oxygens (including phenoxy) is 1. The quantitative estimate of drug-likeness (QED) is 0.337. The van der Waals surface area contributed by atoms with Crippen LogP contribution in [-0.4, -0.2) is 23.2 Å². The molecule has 8 heteroatoms. The van der Waals surface area contributed by atoms with Gasteiger partial charge in [-0.2, -0.15) is 5.10 Å². The molecule has 1 aromatic heterocycles. The smallest absolute Gasteiger partial charge is 0.277 e. The van der Waals surface area contributed by atoms with Crippen LogP contribution in [0.3, 0.4) is 0 Å². The van der Waals surface area contributed by atoms with Crippen molar-refractivity contribution in [1.82, 2.24) is 10.4 Å². The summed E-state index contributed by atoms with van der Waals surface area (Å²) in [5.74, 6) is 0.155. The predicted octanol–water partition coefficient (Wildman–Crippen LogP) is 5.44. The molecule has 0 aliphatic carbocycles. The molecule has 3 rings (SSSR count). The highest BCUT2D eigenvalue weighted by molar-refractivity contribution is 9.11. The molecule has 0 atom stereocenters. The van der Waals surface area contributed by atoms with Gasteiger partial charge >= 0.3 is 0 Å². The molecule has 2 aromatic carbocycles. The molecule has 0 aliphatic rings. The molecule has 3 aromatic rings. The number of halogens is 3. The van der Waals surface area contributed by atoms with Gasteiger partial charge in [0, 0.05) is 20.5 Å². The standard InChI is InChI=1S/C19H14Br3N3O2/c1-11(12-4-6-13(20)7-5-12)24-25-17(26)10-27-19-16(22)9-15(21)14-3-2-8-23-18(14)19/h2-9H,10H2,1H3,(H,25,26)/b24-11-. The Labute approximate surface area is 181 Å². The van der Waals surface area contributed by atoms with Crippen molar-refractivity contribution in [3.05, 3.63) is 67.6 Å². The molecule has 0 aliphatic heterocycles. The van der Waals surface area contributed by atoms with E-state index in [1.807, 2.05) is 49.4 Å². The first-order valence-corrected chi connectivity index (χ1v) is 10.3. The number of carbonyl (C=O) groups excluding carboxylic acids is 1. The van der Waals surface area contributed by atoms with E-state index >= 15 is 0 Å². The maximum Gasteiger partial charge on any atom is 0.277 e. The zero-order valence-electron chi connectivity index (χ0n) is 14.2. The first kappa shape index (κ1) is 20.0. The molecular weight excluding hydrogens is 542 g/mol. The van der Waals surface area contributed by atoms with Gasteiger partial charge in [-0.25, -0.2) is 5.43 Å². The predicted molar refractivity (Wildman–Crippen MR) is 117 cm³/mol. The Balaban J connectivity index is 1.68. The summed E-state index contributed by atoms with van der Waals surface area (Å²) in [6.07, 6.45) is 1.68. The molecule has 0 unspecified atom stereocenters. The fourth-order valence-corrected chi connectivity index (χ4v) is 4.01. The second-order valence-corrected chi connectivity index (χ2v) is 8.22. The van der Waals surface area contributed by atoms with Gasteiger partial charge in [0.15, 0.2) is 12.4 Å². The van der Waals surface area contributed by atoms with Gasteiger partial charge in [0.2, 0.25) is 0 Å². The summed E-state index contributed by atoms with van der Waals surface area (Å²) in [6.45, 7) is 1.65. The van der Waals surface area contributed by atoms with E-state index in [1.165, 1.54) is 0 Å². The van der Waals surface area contributed by atoms with E-state index < -0.39 is 0 Å². The number of aromatic nitrogens is 1. The van der Waals surface area contributed by atoms with Crippen LogP contribution in [-0.2, 0) is 4.79 Å². The third kappa shape index (κ3) is 4.94. The Morgan fingerprint density at radius 2 is 1.89 bits per heavy atom. The molecule has 138 valence electrons. The number of rotatable bonds is 5. The van der Waals surface area contributed by atoms with Gasteiger partial charge in [-0.05, 0) is 52.7 Å². The largest absolute Gasteiger partial charge is 0.480 e. The normalized spacial score (nSPS) is 11.5. The van der Waals surface area contributed by atoms with E-state index in [2.05, 4.69) is 63.3 Å². The zero-order chi connectivity index (χ0) is 19.4. The van der Waals surface area contributed by atoms with Crippen LogP contribution in [0, 0.1) is 0 Å². The SMILES string of the molecule is C/C(=N/NC(=O)COc1c(Br)cc(Br)c2cccnc12)c1ccc(Br)cc1. The maximum absolute atomic E-state index is 12.1. The lowest BCUT2D eigenvalue weighted by Gasteiger charge is -2.11.